The molecule has 1 unspecified atom stereocenters. The summed E-state index contributed by atoms with van der Waals surface area (Å²) in [6.45, 7) is 8.50. The summed E-state index contributed by atoms with van der Waals surface area (Å²) in [5.41, 5.74) is 3.58. The number of ether oxygens (including phenoxy) is 1. The Bertz CT molecular complexity index is 1240. The van der Waals surface area contributed by atoms with E-state index in [4.69, 9.17) is 9.72 Å². The van der Waals surface area contributed by atoms with Gasteiger partial charge in [-0.15, -0.1) is 0 Å². The van der Waals surface area contributed by atoms with E-state index >= 15 is 0 Å². The lowest BCUT2D eigenvalue weighted by atomic mass is 10.1. The van der Waals surface area contributed by atoms with Crippen LogP contribution in [0.2, 0.25) is 0 Å². The fourth-order valence-electron chi connectivity index (χ4n) is 3.94. The van der Waals surface area contributed by atoms with Crippen molar-refractivity contribution in [1.29, 1.82) is 0 Å². The number of aryl methyl sites for hydroxylation is 2. The molecule has 32 heavy (non-hydrogen) atoms. The number of sulfone groups is 1. The van der Waals surface area contributed by atoms with Crippen molar-refractivity contribution in [2.45, 2.75) is 56.8 Å². The Labute approximate surface area is 193 Å². The van der Waals surface area contributed by atoms with E-state index in [1.165, 1.54) is 23.5 Å². The summed E-state index contributed by atoms with van der Waals surface area (Å²) in [6, 6.07) is 10.3. The molecular formula is C24H28N2O4S2. The van der Waals surface area contributed by atoms with Crippen LogP contribution in [0.1, 0.15) is 48.2 Å². The predicted molar refractivity (Wildman–Crippen MR) is 129 cm³/mol. The summed E-state index contributed by atoms with van der Waals surface area (Å²) >= 11 is 1.50. The molecule has 0 saturated carbocycles. The molecule has 0 bridgehead atoms. The van der Waals surface area contributed by atoms with E-state index in [0.29, 0.717) is 23.8 Å². The van der Waals surface area contributed by atoms with E-state index in [0.717, 1.165) is 34.2 Å². The first-order valence-corrected chi connectivity index (χ1v) is 13.2. The van der Waals surface area contributed by atoms with Gasteiger partial charge in [-0.3, -0.25) is 9.69 Å². The first-order chi connectivity index (χ1) is 15.2. The number of carbonyl (C=O) groups is 1. The number of benzene rings is 2. The number of anilines is 1. The van der Waals surface area contributed by atoms with Crippen LogP contribution in [-0.2, 0) is 14.6 Å². The van der Waals surface area contributed by atoms with Crippen molar-refractivity contribution in [3.8, 4) is 0 Å². The van der Waals surface area contributed by atoms with Crippen LogP contribution in [0.3, 0.4) is 0 Å². The van der Waals surface area contributed by atoms with Gasteiger partial charge in [-0.1, -0.05) is 17.4 Å². The smallest absolute Gasteiger partial charge is 0.260 e. The average Bonchev–Trinajstić information content (AvgIpc) is 3.41. The van der Waals surface area contributed by atoms with Crippen LogP contribution in [0.4, 0.5) is 5.13 Å². The van der Waals surface area contributed by atoms with Gasteiger partial charge >= 0.3 is 0 Å². The Morgan fingerprint density at radius 2 is 1.94 bits per heavy atom. The second-order valence-electron chi connectivity index (χ2n) is 8.60. The van der Waals surface area contributed by atoms with Crippen LogP contribution in [0, 0.1) is 13.8 Å². The monoisotopic (exact) mass is 472 g/mol. The first kappa shape index (κ1) is 22.9. The standard InChI is InChI=1S/C24H28N2O4S2/c1-15(2)32(28,29)20-9-7-18(8-10-20)23(27)26(14-19-6-5-11-30-19)24-25-21-13-16(3)12-17(4)22(21)31-24/h7-10,12-13,15,19H,5-6,11,14H2,1-4H3. The quantitative estimate of drug-likeness (QED) is 0.509. The Morgan fingerprint density at radius 1 is 1.22 bits per heavy atom. The number of hydrogen-bond acceptors (Lipinski definition) is 6. The van der Waals surface area contributed by atoms with Crippen LogP contribution in [0.15, 0.2) is 41.3 Å². The molecule has 1 atom stereocenters. The number of aromatic nitrogens is 1. The molecule has 6 nitrogen and oxygen atoms in total. The van der Waals surface area contributed by atoms with Gasteiger partial charge in [-0.25, -0.2) is 13.4 Å². The third kappa shape index (κ3) is 4.44. The van der Waals surface area contributed by atoms with Crippen molar-refractivity contribution >= 4 is 42.4 Å². The lowest BCUT2D eigenvalue weighted by Crippen LogP contribution is -2.37. The second kappa shape index (κ2) is 8.92. The highest BCUT2D eigenvalue weighted by Gasteiger charge is 2.28. The maximum absolute atomic E-state index is 13.5. The Hall–Kier alpha value is -2.29. The number of hydrogen-bond donors (Lipinski definition) is 0. The average molecular weight is 473 g/mol. The summed E-state index contributed by atoms with van der Waals surface area (Å²) < 4.78 is 31.7. The van der Waals surface area contributed by atoms with E-state index in [-0.39, 0.29) is 16.9 Å². The van der Waals surface area contributed by atoms with Gasteiger partial charge in [0, 0.05) is 12.2 Å². The van der Waals surface area contributed by atoms with Crippen LogP contribution in [0.25, 0.3) is 10.2 Å². The van der Waals surface area contributed by atoms with Crippen molar-refractivity contribution in [2.24, 2.45) is 0 Å². The normalized spacial score (nSPS) is 16.7. The van der Waals surface area contributed by atoms with Crippen molar-refractivity contribution in [3.05, 3.63) is 53.1 Å². The Kier molecular flexibility index (Phi) is 6.38. The molecule has 0 aliphatic carbocycles. The summed E-state index contributed by atoms with van der Waals surface area (Å²) in [7, 11) is -3.39. The fraction of sp³-hybridized carbons (Fsp3) is 0.417. The summed E-state index contributed by atoms with van der Waals surface area (Å²) in [5, 5.41) is 0.114. The van der Waals surface area contributed by atoms with Crippen molar-refractivity contribution in [1.82, 2.24) is 4.98 Å². The molecule has 1 amide bonds. The number of amides is 1. The lowest BCUT2D eigenvalue weighted by molar-refractivity contribution is 0.0917. The van der Waals surface area contributed by atoms with Crippen molar-refractivity contribution in [2.75, 3.05) is 18.1 Å². The number of nitrogens with zero attached hydrogens (tertiary/aromatic N) is 2. The Morgan fingerprint density at radius 3 is 2.56 bits per heavy atom. The van der Waals surface area contributed by atoms with E-state index in [2.05, 4.69) is 13.0 Å². The molecule has 2 aromatic carbocycles. The number of thiazole rings is 1. The molecule has 0 spiro atoms. The van der Waals surface area contributed by atoms with Gasteiger partial charge in [0.1, 0.15) is 0 Å². The lowest BCUT2D eigenvalue weighted by Gasteiger charge is -2.23. The van der Waals surface area contributed by atoms with Gasteiger partial charge in [0.25, 0.3) is 5.91 Å². The minimum absolute atomic E-state index is 0.0330. The fourth-order valence-corrected chi connectivity index (χ4v) is 6.02. The summed E-state index contributed by atoms with van der Waals surface area (Å²) in [5.74, 6) is -0.206. The molecule has 3 aromatic rings. The maximum atomic E-state index is 13.5. The summed E-state index contributed by atoms with van der Waals surface area (Å²) in [4.78, 5) is 20.2. The van der Waals surface area contributed by atoms with Gasteiger partial charge in [0.15, 0.2) is 15.0 Å². The zero-order chi connectivity index (χ0) is 23.0. The summed E-state index contributed by atoms with van der Waals surface area (Å²) in [6.07, 6.45) is 1.85. The first-order valence-electron chi connectivity index (χ1n) is 10.8. The molecule has 1 fully saturated rings. The van der Waals surface area contributed by atoms with Gasteiger partial charge in [-0.2, -0.15) is 0 Å². The molecule has 0 N–H and O–H groups in total. The number of rotatable bonds is 6. The number of fused-ring (bicyclic) bond motifs is 1. The molecule has 1 aliphatic heterocycles. The highest BCUT2D eigenvalue weighted by atomic mass is 32.2. The molecular weight excluding hydrogens is 444 g/mol. The molecule has 4 rings (SSSR count). The zero-order valence-corrected chi connectivity index (χ0v) is 20.4. The molecule has 170 valence electrons. The SMILES string of the molecule is Cc1cc(C)c2sc(N(CC3CCCO3)C(=O)c3ccc(S(=O)(=O)C(C)C)cc3)nc2c1. The van der Waals surface area contributed by atoms with E-state index in [9.17, 15) is 13.2 Å². The van der Waals surface area contributed by atoms with Gasteiger partial charge in [0.2, 0.25) is 0 Å². The van der Waals surface area contributed by atoms with Crippen molar-refractivity contribution < 1.29 is 17.9 Å². The highest BCUT2D eigenvalue weighted by Crippen LogP contribution is 2.33. The highest BCUT2D eigenvalue weighted by molar-refractivity contribution is 7.92. The molecule has 1 aliphatic rings. The molecule has 1 aromatic heterocycles. The van der Waals surface area contributed by atoms with Crippen LogP contribution < -0.4 is 4.90 Å². The van der Waals surface area contributed by atoms with Crippen molar-refractivity contribution in [3.63, 3.8) is 0 Å². The van der Waals surface area contributed by atoms with Gasteiger partial charge in [0.05, 0.1) is 33.0 Å². The van der Waals surface area contributed by atoms with Crippen LogP contribution >= 0.6 is 11.3 Å². The van der Waals surface area contributed by atoms with E-state index in [1.54, 1.807) is 30.9 Å². The largest absolute Gasteiger partial charge is 0.376 e. The van der Waals surface area contributed by atoms with E-state index in [1.807, 2.05) is 13.0 Å². The predicted octanol–water partition coefficient (Wildman–Crippen LogP) is 4.92. The van der Waals surface area contributed by atoms with E-state index < -0.39 is 15.1 Å². The van der Waals surface area contributed by atoms with Crippen LogP contribution in [0.5, 0.6) is 0 Å². The van der Waals surface area contributed by atoms with Gasteiger partial charge < -0.3 is 4.74 Å². The minimum Gasteiger partial charge on any atom is -0.376 e. The molecule has 1 saturated heterocycles. The minimum atomic E-state index is -3.39. The molecule has 8 heteroatoms. The molecule has 0 radical (unpaired) electrons. The maximum Gasteiger partial charge on any atom is 0.260 e. The third-order valence-electron chi connectivity index (χ3n) is 5.75. The topological polar surface area (TPSA) is 76.6 Å². The van der Waals surface area contributed by atoms with Gasteiger partial charge in [-0.05, 0) is 82.0 Å². The third-order valence-corrected chi connectivity index (χ3v) is 9.15. The van der Waals surface area contributed by atoms with Crippen LogP contribution in [-0.4, -0.2) is 43.8 Å². The second-order valence-corrected chi connectivity index (χ2v) is 12.1. The Balaban J connectivity index is 1.70. The molecule has 2 heterocycles. The number of carbonyl (C=O) groups excluding carboxylic acids is 1. The zero-order valence-electron chi connectivity index (χ0n) is 18.8.